The van der Waals surface area contributed by atoms with Gasteiger partial charge < -0.3 is 10.8 Å². The summed E-state index contributed by atoms with van der Waals surface area (Å²) in [4.78, 5) is 11.0. The van der Waals surface area contributed by atoms with Crippen LogP contribution >= 0.6 is 67.8 Å². The average molecular weight is 569 g/mol. The highest BCUT2D eigenvalue weighted by Gasteiger charge is 2.12. The molecule has 0 saturated heterocycles. The Bertz CT molecular complexity index is 498. The SMILES string of the molecule is CC/C(=C/c1c(I)cc(I)c(N)c1I)C(=O)O. The fraction of sp³-hybridized carbons (Fsp3) is 0.182. The van der Waals surface area contributed by atoms with Crippen molar-refractivity contribution in [2.45, 2.75) is 13.3 Å². The van der Waals surface area contributed by atoms with Crippen LogP contribution in [0.5, 0.6) is 0 Å². The topological polar surface area (TPSA) is 63.3 Å². The zero-order chi connectivity index (χ0) is 13.2. The van der Waals surface area contributed by atoms with Crippen LogP contribution in [0.15, 0.2) is 11.6 Å². The third-order valence-electron chi connectivity index (χ3n) is 2.22. The van der Waals surface area contributed by atoms with E-state index in [1.807, 2.05) is 13.0 Å². The summed E-state index contributed by atoms with van der Waals surface area (Å²) in [5.74, 6) is -0.878. The maximum Gasteiger partial charge on any atom is 0.331 e. The highest BCUT2D eigenvalue weighted by atomic mass is 127. The van der Waals surface area contributed by atoms with Crippen molar-refractivity contribution in [2.24, 2.45) is 0 Å². The molecular formula is C11H10I3NO2. The summed E-state index contributed by atoms with van der Waals surface area (Å²) in [5.41, 5.74) is 7.94. The Morgan fingerprint density at radius 1 is 1.41 bits per heavy atom. The molecule has 0 unspecified atom stereocenters. The fourth-order valence-corrected chi connectivity index (χ4v) is 4.93. The normalized spacial score (nSPS) is 11.6. The molecule has 0 amide bonds. The van der Waals surface area contributed by atoms with Gasteiger partial charge in [0.05, 0.1) is 5.69 Å². The Kier molecular flexibility index (Phi) is 5.96. The first-order valence-corrected chi connectivity index (χ1v) is 7.98. The van der Waals surface area contributed by atoms with E-state index in [4.69, 9.17) is 10.8 Å². The van der Waals surface area contributed by atoms with Gasteiger partial charge in [0.2, 0.25) is 0 Å². The highest BCUT2D eigenvalue weighted by Crippen LogP contribution is 2.31. The van der Waals surface area contributed by atoms with Crippen LogP contribution in [0.25, 0.3) is 6.08 Å². The van der Waals surface area contributed by atoms with Crippen LogP contribution < -0.4 is 5.73 Å². The lowest BCUT2D eigenvalue weighted by Crippen LogP contribution is -2.02. The molecule has 17 heavy (non-hydrogen) atoms. The van der Waals surface area contributed by atoms with Gasteiger partial charge in [-0.05, 0) is 86.3 Å². The van der Waals surface area contributed by atoms with Gasteiger partial charge in [0.1, 0.15) is 0 Å². The number of nitrogen functional groups attached to an aromatic ring is 1. The second kappa shape index (κ2) is 6.55. The Balaban J connectivity index is 3.42. The van der Waals surface area contributed by atoms with Crippen molar-refractivity contribution in [3.05, 3.63) is 27.9 Å². The van der Waals surface area contributed by atoms with Crippen LogP contribution in [0.4, 0.5) is 5.69 Å². The summed E-state index contributed by atoms with van der Waals surface area (Å²) in [5, 5.41) is 9.03. The van der Waals surface area contributed by atoms with Crippen molar-refractivity contribution >= 4 is 85.5 Å². The third-order valence-corrected chi connectivity index (χ3v) is 5.16. The molecule has 0 radical (unpaired) electrons. The van der Waals surface area contributed by atoms with Crippen LogP contribution in [0, 0.1) is 10.7 Å². The van der Waals surface area contributed by atoms with E-state index in [-0.39, 0.29) is 0 Å². The smallest absolute Gasteiger partial charge is 0.331 e. The first-order valence-electron chi connectivity index (χ1n) is 4.75. The fourth-order valence-electron chi connectivity index (χ4n) is 1.24. The van der Waals surface area contributed by atoms with E-state index in [0.717, 1.165) is 16.3 Å². The number of carboxylic acid groups (broad SMARTS) is 1. The molecule has 1 rings (SSSR count). The van der Waals surface area contributed by atoms with Crippen LogP contribution in [-0.2, 0) is 4.79 Å². The quantitative estimate of drug-likeness (QED) is 0.330. The molecule has 6 heteroatoms. The molecule has 0 aliphatic rings. The second-order valence-corrected chi connectivity index (χ2v) is 6.71. The van der Waals surface area contributed by atoms with Crippen LogP contribution in [0.2, 0.25) is 0 Å². The molecule has 3 nitrogen and oxygen atoms in total. The molecule has 0 heterocycles. The van der Waals surface area contributed by atoms with Crippen molar-refractivity contribution in [1.29, 1.82) is 0 Å². The number of anilines is 1. The van der Waals surface area contributed by atoms with Crippen molar-refractivity contribution in [2.75, 3.05) is 5.73 Å². The zero-order valence-electron chi connectivity index (χ0n) is 8.93. The first-order chi connectivity index (χ1) is 7.88. The van der Waals surface area contributed by atoms with Gasteiger partial charge in [-0.3, -0.25) is 0 Å². The second-order valence-electron chi connectivity index (χ2n) is 3.31. The summed E-state index contributed by atoms with van der Waals surface area (Å²) in [6, 6.07) is 1.96. The van der Waals surface area contributed by atoms with Crippen LogP contribution in [-0.4, -0.2) is 11.1 Å². The molecule has 0 bridgehead atoms. The number of aliphatic carboxylic acids is 1. The summed E-state index contributed by atoms with van der Waals surface area (Å²) in [7, 11) is 0. The van der Waals surface area contributed by atoms with E-state index in [0.29, 0.717) is 17.7 Å². The number of hydrogen-bond donors (Lipinski definition) is 2. The van der Waals surface area contributed by atoms with E-state index in [1.165, 1.54) is 0 Å². The lowest BCUT2D eigenvalue weighted by molar-refractivity contribution is -0.132. The zero-order valence-corrected chi connectivity index (χ0v) is 15.4. The van der Waals surface area contributed by atoms with Gasteiger partial charge in [-0.1, -0.05) is 6.92 Å². The first kappa shape index (κ1) is 15.5. The van der Waals surface area contributed by atoms with E-state index in [1.54, 1.807) is 6.08 Å². The Morgan fingerprint density at radius 3 is 2.47 bits per heavy atom. The highest BCUT2D eigenvalue weighted by molar-refractivity contribution is 14.1. The summed E-state index contributed by atoms with van der Waals surface area (Å²) < 4.78 is 2.91. The average Bonchev–Trinajstić information content (AvgIpc) is 2.26. The Hall–Kier alpha value is 0.420. The van der Waals surface area contributed by atoms with Crippen molar-refractivity contribution < 1.29 is 9.90 Å². The number of hydrogen-bond acceptors (Lipinski definition) is 2. The number of carboxylic acids is 1. The Morgan fingerprint density at radius 2 is 2.00 bits per heavy atom. The number of rotatable bonds is 3. The molecule has 1 aromatic rings. The van der Waals surface area contributed by atoms with E-state index in [2.05, 4.69) is 67.8 Å². The molecule has 0 aliphatic carbocycles. The van der Waals surface area contributed by atoms with E-state index in [9.17, 15) is 4.79 Å². The van der Waals surface area contributed by atoms with Crippen molar-refractivity contribution in [1.82, 2.24) is 0 Å². The molecule has 0 fully saturated rings. The van der Waals surface area contributed by atoms with Gasteiger partial charge in [0.15, 0.2) is 0 Å². The molecule has 0 spiro atoms. The lowest BCUT2D eigenvalue weighted by atomic mass is 10.1. The van der Waals surface area contributed by atoms with Gasteiger partial charge in [-0.15, -0.1) is 0 Å². The minimum atomic E-state index is -0.878. The van der Waals surface area contributed by atoms with Gasteiger partial charge in [-0.2, -0.15) is 0 Å². The van der Waals surface area contributed by atoms with Gasteiger partial charge in [-0.25, -0.2) is 4.79 Å². The molecule has 1 aromatic carbocycles. The number of carbonyl (C=O) groups is 1. The molecule has 0 aromatic heterocycles. The maximum absolute atomic E-state index is 11.0. The number of nitrogens with two attached hydrogens (primary N) is 1. The predicted octanol–water partition coefficient (Wildman–Crippen LogP) is 3.96. The lowest BCUT2D eigenvalue weighted by Gasteiger charge is -2.09. The third kappa shape index (κ3) is 3.69. The Labute approximate surface area is 141 Å². The summed E-state index contributed by atoms with van der Waals surface area (Å²) in [6.45, 7) is 1.83. The molecule has 0 aliphatic heterocycles. The minimum absolute atomic E-state index is 0.390. The molecular weight excluding hydrogens is 559 g/mol. The van der Waals surface area contributed by atoms with E-state index >= 15 is 0 Å². The van der Waals surface area contributed by atoms with Gasteiger partial charge >= 0.3 is 5.97 Å². The monoisotopic (exact) mass is 569 g/mol. The summed E-state index contributed by atoms with van der Waals surface area (Å²) in [6.07, 6.45) is 2.20. The minimum Gasteiger partial charge on any atom is -0.478 e. The van der Waals surface area contributed by atoms with Gasteiger partial charge in [0.25, 0.3) is 0 Å². The number of halogens is 3. The van der Waals surface area contributed by atoms with Crippen molar-refractivity contribution in [3.8, 4) is 0 Å². The largest absolute Gasteiger partial charge is 0.478 e. The van der Waals surface area contributed by atoms with Crippen LogP contribution in [0.1, 0.15) is 18.9 Å². The molecule has 0 saturated carbocycles. The standard InChI is InChI=1S/C11H10I3NO2/c1-2-5(11(16)17)3-6-7(12)4-8(13)10(15)9(6)14/h3-4H,2,15H2,1H3,(H,16,17)/b5-3-. The summed E-state index contributed by atoms with van der Waals surface area (Å²) >= 11 is 6.53. The molecule has 92 valence electrons. The number of benzene rings is 1. The van der Waals surface area contributed by atoms with Crippen molar-refractivity contribution in [3.63, 3.8) is 0 Å². The van der Waals surface area contributed by atoms with Crippen LogP contribution in [0.3, 0.4) is 0 Å². The predicted molar refractivity (Wildman–Crippen MR) is 94.9 cm³/mol. The molecule has 3 N–H and O–H groups in total. The molecule has 0 atom stereocenters. The maximum atomic E-state index is 11.0. The van der Waals surface area contributed by atoms with Gasteiger partial charge in [0, 0.05) is 21.8 Å². The van der Waals surface area contributed by atoms with E-state index < -0.39 is 5.97 Å².